The maximum absolute atomic E-state index is 11.5. The van der Waals surface area contributed by atoms with Gasteiger partial charge in [-0.15, -0.1) is 11.3 Å². The molecule has 0 unspecified atom stereocenters. The van der Waals surface area contributed by atoms with E-state index in [4.69, 9.17) is 0 Å². The van der Waals surface area contributed by atoms with Gasteiger partial charge in [0.15, 0.2) is 0 Å². The minimum atomic E-state index is -0.192. The van der Waals surface area contributed by atoms with Gasteiger partial charge in [0.1, 0.15) is 0 Å². The first-order valence-electron chi connectivity index (χ1n) is 5.38. The number of urea groups is 1. The lowest BCUT2D eigenvalue weighted by molar-refractivity contribution is 0.240. The van der Waals surface area contributed by atoms with Crippen LogP contribution in [0.15, 0.2) is 39.6 Å². The molecule has 0 aliphatic carbocycles. The number of rotatable bonds is 4. The predicted octanol–water partition coefficient (Wildman–Crippen LogP) is 2.91. The highest BCUT2D eigenvalue weighted by molar-refractivity contribution is 9.11. The van der Waals surface area contributed by atoms with E-state index >= 15 is 0 Å². The Morgan fingerprint density at radius 3 is 2.83 bits per heavy atom. The van der Waals surface area contributed by atoms with Gasteiger partial charge in [-0.05, 0) is 45.1 Å². The second-order valence-corrected chi connectivity index (χ2v) is 5.91. The summed E-state index contributed by atoms with van der Waals surface area (Å²) in [5.41, 5.74) is 1.92. The molecule has 0 aliphatic rings. The highest BCUT2D eigenvalue weighted by atomic mass is 79.9. The van der Waals surface area contributed by atoms with Crippen molar-refractivity contribution in [2.24, 2.45) is 0 Å². The first-order valence-corrected chi connectivity index (χ1v) is 7.06. The van der Waals surface area contributed by atoms with Crippen molar-refractivity contribution in [1.82, 2.24) is 15.6 Å². The van der Waals surface area contributed by atoms with Gasteiger partial charge in [-0.1, -0.05) is 6.07 Å². The molecule has 0 spiro atoms. The van der Waals surface area contributed by atoms with E-state index in [1.165, 1.54) is 0 Å². The van der Waals surface area contributed by atoms with Crippen molar-refractivity contribution < 1.29 is 4.79 Å². The Balaban J connectivity index is 1.73. The van der Waals surface area contributed by atoms with Crippen molar-refractivity contribution in [3.63, 3.8) is 0 Å². The number of pyridine rings is 1. The topological polar surface area (TPSA) is 54.0 Å². The fourth-order valence-corrected chi connectivity index (χ4v) is 2.57. The van der Waals surface area contributed by atoms with Crippen LogP contribution in [0, 0.1) is 0 Å². The van der Waals surface area contributed by atoms with E-state index in [-0.39, 0.29) is 6.03 Å². The minimum absolute atomic E-state index is 0.192. The normalized spacial score (nSPS) is 10.1. The largest absolute Gasteiger partial charge is 0.334 e. The molecule has 0 saturated heterocycles. The third kappa shape index (κ3) is 4.12. The summed E-state index contributed by atoms with van der Waals surface area (Å²) in [4.78, 5) is 15.7. The molecule has 2 aromatic heterocycles. The van der Waals surface area contributed by atoms with Crippen LogP contribution in [0.5, 0.6) is 0 Å². The third-order valence-electron chi connectivity index (χ3n) is 2.23. The quantitative estimate of drug-likeness (QED) is 0.908. The number of nitrogens with zero attached hydrogens (tertiary/aromatic N) is 1. The molecule has 6 heteroatoms. The molecule has 4 nitrogen and oxygen atoms in total. The van der Waals surface area contributed by atoms with Gasteiger partial charge in [0.25, 0.3) is 0 Å². The lowest BCUT2D eigenvalue weighted by Crippen LogP contribution is -2.34. The number of halogens is 1. The number of nitrogens with one attached hydrogen (secondary N) is 2. The second-order valence-electron chi connectivity index (χ2n) is 3.62. The van der Waals surface area contributed by atoms with Crippen LogP contribution in [0.3, 0.4) is 0 Å². The molecule has 2 rings (SSSR count). The van der Waals surface area contributed by atoms with Gasteiger partial charge < -0.3 is 10.6 Å². The average molecular weight is 326 g/mol. The SMILES string of the molecule is O=C(NCc1csc(Br)c1)NCc1ccccn1. The van der Waals surface area contributed by atoms with Gasteiger partial charge in [-0.3, -0.25) is 4.98 Å². The van der Waals surface area contributed by atoms with Gasteiger partial charge in [0.2, 0.25) is 0 Å². The Bertz CT molecular complexity index is 515. The van der Waals surface area contributed by atoms with Crippen LogP contribution < -0.4 is 10.6 Å². The summed E-state index contributed by atoms with van der Waals surface area (Å²) in [6.45, 7) is 0.955. The molecule has 2 amide bonds. The first-order chi connectivity index (χ1) is 8.74. The van der Waals surface area contributed by atoms with Gasteiger partial charge in [0.05, 0.1) is 16.0 Å². The third-order valence-corrected chi connectivity index (χ3v) is 3.78. The Labute approximate surface area is 118 Å². The average Bonchev–Trinajstić information content (AvgIpc) is 2.81. The molecule has 0 aliphatic heterocycles. The molecule has 0 saturated carbocycles. The molecule has 2 heterocycles. The zero-order chi connectivity index (χ0) is 12.8. The van der Waals surface area contributed by atoms with E-state index in [1.54, 1.807) is 17.5 Å². The molecule has 2 aromatic rings. The van der Waals surface area contributed by atoms with Gasteiger partial charge in [-0.2, -0.15) is 0 Å². The summed E-state index contributed by atoms with van der Waals surface area (Å²) in [5, 5.41) is 7.55. The second kappa shape index (κ2) is 6.51. The van der Waals surface area contributed by atoms with Crippen LogP contribution in [0.1, 0.15) is 11.3 Å². The molecular formula is C12H12BrN3OS. The molecule has 0 bridgehead atoms. The number of carbonyl (C=O) groups is 1. The zero-order valence-electron chi connectivity index (χ0n) is 9.52. The molecule has 0 radical (unpaired) electrons. The Morgan fingerprint density at radius 2 is 2.17 bits per heavy atom. The number of amides is 2. The maximum atomic E-state index is 11.5. The fraction of sp³-hybridized carbons (Fsp3) is 0.167. The molecule has 94 valence electrons. The van der Waals surface area contributed by atoms with Crippen LogP contribution >= 0.6 is 27.3 Å². The number of hydrogen-bond donors (Lipinski definition) is 2. The standard InChI is InChI=1S/C12H12BrN3OS/c13-11-5-9(8-18-11)6-15-12(17)16-7-10-3-1-2-4-14-10/h1-5,8H,6-7H2,(H2,15,16,17). The number of carbonyl (C=O) groups excluding carboxylic acids is 1. The summed E-state index contributed by atoms with van der Waals surface area (Å²) in [6, 6.07) is 7.41. The van der Waals surface area contributed by atoms with Gasteiger partial charge in [0, 0.05) is 12.7 Å². The molecule has 2 N–H and O–H groups in total. The summed E-state index contributed by atoms with van der Waals surface area (Å²) in [6.07, 6.45) is 1.71. The summed E-state index contributed by atoms with van der Waals surface area (Å²) in [5.74, 6) is 0. The van der Waals surface area contributed by atoms with Crippen LogP contribution in [-0.4, -0.2) is 11.0 Å². The van der Waals surface area contributed by atoms with E-state index < -0.39 is 0 Å². The highest BCUT2D eigenvalue weighted by Crippen LogP contribution is 2.20. The van der Waals surface area contributed by atoms with E-state index in [0.29, 0.717) is 13.1 Å². The Hall–Kier alpha value is -1.40. The molecule has 0 fully saturated rings. The smallest absolute Gasteiger partial charge is 0.315 e. The van der Waals surface area contributed by atoms with Gasteiger partial charge in [-0.25, -0.2) is 4.79 Å². The van der Waals surface area contributed by atoms with E-state index in [9.17, 15) is 4.79 Å². The lowest BCUT2D eigenvalue weighted by Gasteiger charge is -2.06. The number of thiophene rings is 1. The van der Waals surface area contributed by atoms with Gasteiger partial charge >= 0.3 is 6.03 Å². The van der Waals surface area contributed by atoms with Crippen molar-refractivity contribution >= 4 is 33.3 Å². The highest BCUT2D eigenvalue weighted by Gasteiger charge is 2.02. The fourth-order valence-electron chi connectivity index (χ4n) is 1.36. The van der Waals surface area contributed by atoms with Crippen molar-refractivity contribution in [1.29, 1.82) is 0 Å². The molecule has 18 heavy (non-hydrogen) atoms. The molecular weight excluding hydrogens is 314 g/mol. The summed E-state index contributed by atoms with van der Waals surface area (Å²) >= 11 is 4.98. The predicted molar refractivity (Wildman–Crippen MR) is 75.3 cm³/mol. The van der Waals surface area contributed by atoms with Crippen LogP contribution in [0.2, 0.25) is 0 Å². The minimum Gasteiger partial charge on any atom is -0.334 e. The monoisotopic (exact) mass is 325 g/mol. The summed E-state index contributed by atoms with van der Waals surface area (Å²) < 4.78 is 1.06. The van der Waals surface area contributed by atoms with Crippen molar-refractivity contribution in [3.8, 4) is 0 Å². The lowest BCUT2D eigenvalue weighted by atomic mass is 10.3. The van der Waals surface area contributed by atoms with Crippen molar-refractivity contribution in [3.05, 3.63) is 50.9 Å². The van der Waals surface area contributed by atoms with Crippen molar-refractivity contribution in [2.75, 3.05) is 0 Å². The van der Waals surface area contributed by atoms with Crippen LogP contribution in [-0.2, 0) is 13.1 Å². The van der Waals surface area contributed by atoms with E-state index in [2.05, 4.69) is 31.5 Å². The Kier molecular flexibility index (Phi) is 4.72. The number of hydrogen-bond acceptors (Lipinski definition) is 3. The van der Waals surface area contributed by atoms with E-state index in [0.717, 1.165) is 15.0 Å². The van der Waals surface area contributed by atoms with Crippen LogP contribution in [0.4, 0.5) is 4.79 Å². The van der Waals surface area contributed by atoms with E-state index in [1.807, 2.05) is 29.6 Å². The van der Waals surface area contributed by atoms with Crippen molar-refractivity contribution in [2.45, 2.75) is 13.1 Å². The molecule has 0 aromatic carbocycles. The Morgan fingerprint density at radius 1 is 1.33 bits per heavy atom. The van der Waals surface area contributed by atoms with Crippen LogP contribution in [0.25, 0.3) is 0 Å². The zero-order valence-corrected chi connectivity index (χ0v) is 11.9. The summed E-state index contributed by atoms with van der Waals surface area (Å²) in [7, 11) is 0. The number of aromatic nitrogens is 1. The first kappa shape index (κ1) is 13.0. The molecule has 0 atom stereocenters. The maximum Gasteiger partial charge on any atom is 0.315 e.